The number of hydrogen-bond acceptors (Lipinski definition) is 3. The van der Waals surface area contributed by atoms with Crippen molar-refractivity contribution in [3.63, 3.8) is 0 Å². The zero-order valence-corrected chi connectivity index (χ0v) is 12.3. The average Bonchev–Trinajstić information content (AvgIpc) is 2.46. The van der Waals surface area contributed by atoms with Gasteiger partial charge in [0.05, 0.1) is 6.61 Å². The molecule has 110 valence electrons. The summed E-state index contributed by atoms with van der Waals surface area (Å²) in [5.74, 6) is 0.501. The van der Waals surface area contributed by atoms with Crippen LogP contribution in [-0.2, 0) is 11.3 Å². The third kappa shape index (κ3) is 4.23. The number of ether oxygens (including phenoxy) is 1. The highest BCUT2D eigenvalue weighted by Crippen LogP contribution is 2.17. The average molecular weight is 276 g/mol. The summed E-state index contributed by atoms with van der Waals surface area (Å²) in [5, 5.41) is 3.55. The first-order chi connectivity index (χ1) is 9.69. The van der Waals surface area contributed by atoms with Gasteiger partial charge >= 0.3 is 6.09 Å². The predicted octanol–water partition coefficient (Wildman–Crippen LogP) is 2.64. The molecule has 4 nitrogen and oxygen atoms in total. The Balaban J connectivity index is 1.86. The largest absolute Gasteiger partial charge is 0.450 e. The van der Waals surface area contributed by atoms with E-state index in [1.54, 1.807) is 0 Å². The highest BCUT2D eigenvalue weighted by molar-refractivity contribution is 5.67. The van der Waals surface area contributed by atoms with Crippen LogP contribution in [0.1, 0.15) is 25.8 Å². The number of likely N-dealkylation sites (tertiary alicyclic amines) is 1. The van der Waals surface area contributed by atoms with Crippen molar-refractivity contribution >= 4 is 6.09 Å². The van der Waals surface area contributed by atoms with Crippen molar-refractivity contribution in [2.75, 3.05) is 19.7 Å². The molecule has 1 amide bonds. The van der Waals surface area contributed by atoms with Gasteiger partial charge in [-0.2, -0.15) is 0 Å². The molecule has 1 N–H and O–H groups in total. The molecule has 4 heteroatoms. The smallest absolute Gasteiger partial charge is 0.409 e. The van der Waals surface area contributed by atoms with E-state index in [1.165, 1.54) is 5.56 Å². The molecule has 2 atom stereocenters. The van der Waals surface area contributed by atoms with Crippen molar-refractivity contribution < 1.29 is 9.53 Å². The molecule has 0 aromatic heterocycles. The zero-order chi connectivity index (χ0) is 14.4. The maximum atomic E-state index is 11.8. The molecule has 0 bridgehead atoms. The van der Waals surface area contributed by atoms with Crippen molar-refractivity contribution in [1.29, 1.82) is 0 Å². The molecule has 1 saturated heterocycles. The number of nitrogens with zero attached hydrogens (tertiary/aromatic N) is 1. The number of nitrogens with one attached hydrogen (secondary N) is 1. The fourth-order valence-corrected chi connectivity index (χ4v) is 2.72. The second-order valence-corrected chi connectivity index (χ2v) is 5.51. The Hall–Kier alpha value is -1.55. The molecule has 1 fully saturated rings. The topological polar surface area (TPSA) is 41.6 Å². The Morgan fingerprint density at radius 2 is 2.10 bits per heavy atom. The van der Waals surface area contributed by atoms with Gasteiger partial charge in [0.15, 0.2) is 0 Å². The van der Waals surface area contributed by atoms with Crippen LogP contribution in [0.15, 0.2) is 30.3 Å². The first kappa shape index (κ1) is 14.9. The zero-order valence-electron chi connectivity index (χ0n) is 12.3. The molecule has 20 heavy (non-hydrogen) atoms. The van der Waals surface area contributed by atoms with Crippen LogP contribution in [0.2, 0.25) is 0 Å². The van der Waals surface area contributed by atoms with Crippen LogP contribution in [0.5, 0.6) is 0 Å². The number of benzene rings is 1. The Labute approximate surface area is 121 Å². The van der Waals surface area contributed by atoms with Gasteiger partial charge in [-0.15, -0.1) is 0 Å². The Morgan fingerprint density at radius 1 is 1.35 bits per heavy atom. The van der Waals surface area contributed by atoms with Gasteiger partial charge < -0.3 is 15.0 Å². The minimum Gasteiger partial charge on any atom is -0.450 e. The van der Waals surface area contributed by atoms with Crippen molar-refractivity contribution in [2.45, 2.75) is 32.9 Å². The number of carbonyl (C=O) groups excluding carboxylic acids is 1. The van der Waals surface area contributed by atoms with E-state index in [0.717, 1.165) is 26.1 Å². The maximum absolute atomic E-state index is 11.8. The fraction of sp³-hybridized carbons (Fsp3) is 0.562. The molecule has 1 aromatic rings. The lowest BCUT2D eigenvalue weighted by atomic mass is 9.96. The van der Waals surface area contributed by atoms with Crippen molar-refractivity contribution in [3.05, 3.63) is 35.9 Å². The molecular weight excluding hydrogens is 252 g/mol. The van der Waals surface area contributed by atoms with E-state index in [-0.39, 0.29) is 6.09 Å². The second kappa shape index (κ2) is 7.29. The third-order valence-corrected chi connectivity index (χ3v) is 3.62. The van der Waals surface area contributed by atoms with E-state index in [0.29, 0.717) is 18.6 Å². The minimum atomic E-state index is -0.189. The molecule has 2 rings (SSSR count). The van der Waals surface area contributed by atoms with Crippen LogP contribution in [0.25, 0.3) is 0 Å². The number of amides is 1. The van der Waals surface area contributed by atoms with Crippen LogP contribution in [-0.4, -0.2) is 36.7 Å². The molecule has 2 unspecified atom stereocenters. The number of hydrogen-bond donors (Lipinski definition) is 1. The summed E-state index contributed by atoms with van der Waals surface area (Å²) in [4.78, 5) is 13.7. The minimum absolute atomic E-state index is 0.189. The highest BCUT2D eigenvalue weighted by Gasteiger charge is 2.28. The summed E-state index contributed by atoms with van der Waals surface area (Å²) in [6, 6.07) is 10.7. The standard InChI is InChI=1S/C16H24N2O2/c1-3-20-16(19)18-11-13(2)9-15(12-18)17-10-14-7-5-4-6-8-14/h4-8,13,15,17H,3,9-12H2,1-2H3. The van der Waals surface area contributed by atoms with E-state index in [4.69, 9.17) is 4.74 Å². The fourth-order valence-electron chi connectivity index (χ4n) is 2.72. The Kier molecular flexibility index (Phi) is 5.41. The quantitative estimate of drug-likeness (QED) is 0.919. The SMILES string of the molecule is CCOC(=O)N1CC(C)CC(NCc2ccccc2)C1. The van der Waals surface area contributed by atoms with Gasteiger partial charge in [-0.25, -0.2) is 4.79 Å². The molecule has 0 aliphatic carbocycles. The van der Waals surface area contributed by atoms with Gasteiger partial charge in [0.2, 0.25) is 0 Å². The van der Waals surface area contributed by atoms with Gasteiger partial charge in [0, 0.05) is 25.7 Å². The van der Waals surface area contributed by atoms with E-state index in [1.807, 2.05) is 30.0 Å². The van der Waals surface area contributed by atoms with Gasteiger partial charge in [-0.05, 0) is 24.8 Å². The van der Waals surface area contributed by atoms with Crippen LogP contribution >= 0.6 is 0 Å². The van der Waals surface area contributed by atoms with Crippen LogP contribution in [0, 0.1) is 5.92 Å². The number of piperidine rings is 1. The van der Waals surface area contributed by atoms with E-state index < -0.39 is 0 Å². The third-order valence-electron chi connectivity index (χ3n) is 3.62. The first-order valence-corrected chi connectivity index (χ1v) is 7.38. The van der Waals surface area contributed by atoms with Gasteiger partial charge in [0.1, 0.15) is 0 Å². The first-order valence-electron chi connectivity index (χ1n) is 7.38. The molecular formula is C16H24N2O2. The molecule has 1 heterocycles. The van der Waals surface area contributed by atoms with E-state index in [9.17, 15) is 4.79 Å². The van der Waals surface area contributed by atoms with Crippen LogP contribution in [0.3, 0.4) is 0 Å². The van der Waals surface area contributed by atoms with Gasteiger partial charge in [-0.3, -0.25) is 0 Å². The summed E-state index contributed by atoms with van der Waals surface area (Å²) in [6.07, 6.45) is 0.911. The predicted molar refractivity (Wildman–Crippen MR) is 79.4 cm³/mol. The summed E-state index contributed by atoms with van der Waals surface area (Å²) >= 11 is 0. The molecule has 0 radical (unpaired) electrons. The van der Waals surface area contributed by atoms with Crippen molar-refractivity contribution in [1.82, 2.24) is 10.2 Å². The lowest BCUT2D eigenvalue weighted by molar-refractivity contribution is 0.0812. The Bertz CT molecular complexity index is 422. The number of carbonyl (C=O) groups is 1. The molecule has 1 aliphatic rings. The van der Waals surface area contributed by atoms with Gasteiger partial charge in [-0.1, -0.05) is 37.3 Å². The summed E-state index contributed by atoms with van der Waals surface area (Å²) in [6.45, 7) is 6.83. The second-order valence-electron chi connectivity index (χ2n) is 5.51. The molecule has 1 aliphatic heterocycles. The molecule has 0 spiro atoms. The maximum Gasteiger partial charge on any atom is 0.409 e. The van der Waals surface area contributed by atoms with Crippen molar-refractivity contribution in [3.8, 4) is 0 Å². The monoisotopic (exact) mass is 276 g/mol. The van der Waals surface area contributed by atoms with Crippen molar-refractivity contribution in [2.24, 2.45) is 5.92 Å². The Morgan fingerprint density at radius 3 is 2.80 bits per heavy atom. The molecule has 1 aromatic carbocycles. The van der Waals surface area contributed by atoms with E-state index in [2.05, 4.69) is 24.4 Å². The van der Waals surface area contributed by atoms with E-state index >= 15 is 0 Å². The summed E-state index contributed by atoms with van der Waals surface area (Å²) in [7, 11) is 0. The normalized spacial score (nSPS) is 22.6. The van der Waals surface area contributed by atoms with Crippen LogP contribution < -0.4 is 5.32 Å². The summed E-state index contributed by atoms with van der Waals surface area (Å²) < 4.78 is 5.10. The highest BCUT2D eigenvalue weighted by atomic mass is 16.6. The summed E-state index contributed by atoms with van der Waals surface area (Å²) in [5.41, 5.74) is 1.27. The lowest BCUT2D eigenvalue weighted by Crippen LogP contribution is -2.50. The molecule has 0 saturated carbocycles. The van der Waals surface area contributed by atoms with Gasteiger partial charge in [0.25, 0.3) is 0 Å². The van der Waals surface area contributed by atoms with Crippen LogP contribution in [0.4, 0.5) is 4.79 Å². The lowest BCUT2D eigenvalue weighted by Gasteiger charge is -2.36. The number of rotatable bonds is 4.